The Balaban J connectivity index is 1.25. The highest BCUT2D eigenvalue weighted by Gasteiger charge is 2.33. The average molecular weight is 1070 g/mol. The van der Waals surface area contributed by atoms with Crippen molar-refractivity contribution in [3.05, 3.63) is 203 Å². The van der Waals surface area contributed by atoms with E-state index in [1.54, 1.807) is 0 Å². The number of pyridine rings is 3. The van der Waals surface area contributed by atoms with Crippen molar-refractivity contribution in [3.63, 3.8) is 0 Å². The van der Waals surface area contributed by atoms with Gasteiger partial charge >= 0.3 is 0 Å². The molecule has 8 heteroatoms. The molecule has 80 heavy (non-hydrogen) atoms. The third-order valence-electron chi connectivity index (χ3n) is 16.5. The Morgan fingerprint density at radius 1 is 0.362 bits per heavy atom. The molecule has 8 nitrogen and oxygen atoms in total. The highest BCUT2D eigenvalue weighted by Crippen LogP contribution is 2.38. The Morgan fingerprint density at radius 2 is 0.738 bits per heavy atom. The largest absolute Gasteiger partial charge is 0.354 e. The first-order chi connectivity index (χ1) is 39.6. The first-order valence-electron chi connectivity index (χ1n) is 31.7. The van der Waals surface area contributed by atoms with Crippen LogP contribution in [-0.2, 0) is 19.6 Å². The van der Waals surface area contributed by atoms with Gasteiger partial charge in [0.25, 0.3) is 0 Å². The molecule has 0 saturated carbocycles. The number of aromatic nitrogens is 4. The minimum atomic E-state index is 0.913. The van der Waals surface area contributed by atoms with E-state index in [9.17, 15) is 0 Å². The lowest BCUT2D eigenvalue weighted by atomic mass is 10.00. The van der Waals surface area contributed by atoms with Crippen LogP contribution in [0.5, 0.6) is 0 Å². The predicted molar refractivity (Wildman–Crippen MR) is 335 cm³/mol. The summed E-state index contributed by atoms with van der Waals surface area (Å²) in [6.45, 7) is 12.9. The van der Waals surface area contributed by atoms with Gasteiger partial charge in [0.2, 0.25) is 17.1 Å². The lowest BCUT2D eigenvalue weighted by Crippen LogP contribution is -2.38. The summed E-state index contributed by atoms with van der Waals surface area (Å²) in [5.74, 6) is 0. The predicted octanol–water partition coefficient (Wildman–Crippen LogP) is 16.9. The number of aryl methyl sites for hydroxylation is 3. The zero-order valence-corrected chi connectivity index (χ0v) is 49.3. The van der Waals surface area contributed by atoms with E-state index in [0.717, 1.165) is 143 Å². The summed E-state index contributed by atoms with van der Waals surface area (Å²) < 4.78 is 7.38. The van der Waals surface area contributed by atoms with Crippen LogP contribution in [-0.4, -0.2) is 33.6 Å². The van der Waals surface area contributed by atoms with Gasteiger partial charge in [-0.15, -0.1) is 0 Å². The van der Waals surface area contributed by atoms with E-state index in [1.807, 2.05) is 0 Å². The van der Waals surface area contributed by atoms with Gasteiger partial charge in [-0.25, -0.2) is 15.0 Å². The number of aliphatic imine (C=N–C) groups is 3. The molecule has 9 rings (SSSR count). The van der Waals surface area contributed by atoms with Crippen LogP contribution in [0.15, 0.2) is 190 Å². The SMILES string of the molecule is CCCCCCCCN1C=CC=C/C1=C1\C2=NC(=C(c3cccc[n+]3CCCCCCCC)C3=NC(=C(c4cccc[n+]4CCCCCCCC)c4ccc([nH]4)C(c4cccc[n+]4CCCCCCCC)=C4C=CC1=N4)C=C3)C=C2. The number of allylic oxidation sites excluding steroid dienone is 11. The van der Waals surface area contributed by atoms with Gasteiger partial charge in [-0.1, -0.05) is 143 Å². The van der Waals surface area contributed by atoms with Gasteiger partial charge in [0.1, 0.15) is 19.6 Å². The molecule has 5 aliphatic heterocycles. The van der Waals surface area contributed by atoms with Crippen molar-refractivity contribution in [2.24, 2.45) is 15.0 Å². The molecule has 1 N–H and O–H groups in total. The summed E-state index contributed by atoms with van der Waals surface area (Å²) in [5.41, 5.74) is 16.4. The number of rotatable bonds is 31. The van der Waals surface area contributed by atoms with Gasteiger partial charge in [-0.05, 0) is 105 Å². The van der Waals surface area contributed by atoms with Crippen LogP contribution >= 0.6 is 0 Å². The number of hydrogen-bond donors (Lipinski definition) is 1. The molecule has 0 spiro atoms. The summed E-state index contributed by atoms with van der Waals surface area (Å²) >= 11 is 0. The zero-order valence-electron chi connectivity index (χ0n) is 49.3. The lowest BCUT2D eigenvalue weighted by Gasteiger charge is -2.26. The fourth-order valence-electron chi connectivity index (χ4n) is 12.1. The third-order valence-corrected chi connectivity index (χ3v) is 16.5. The number of hydrogen-bond acceptors (Lipinski definition) is 4. The Labute approximate surface area is 481 Å². The van der Waals surface area contributed by atoms with E-state index < -0.39 is 0 Å². The van der Waals surface area contributed by atoms with Gasteiger partial charge in [-0.3, -0.25) is 0 Å². The van der Waals surface area contributed by atoms with E-state index >= 15 is 0 Å². The third kappa shape index (κ3) is 14.9. The molecule has 0 saturated heterocycles. The monoisotopic (exact) mass is 1070 g/mol. The van der Waals surface area contributed by atoms with Crippen molar-refractivity contribution in [1.82, 2.24) is 9.88 Å². The molecule has 0 aromatic carbocycles. The van der Waals surface area contributed by atoms with Crippen LogP contribution in [0.4, 0.5) is 0 Å². The maximum atomic E-state index is 5.79. The van der Waals surface area contributed by atoms with Crippen molar-refractivity contribution in [2.45, 2.75) is 201 Å². The number of aromatic amines is 1. The smallest absolute Gasteiger partial charge is 0.216 e. The molecular formula is C72H93N8+3. The van der Waals surface area contributed by atoms with E-state index in [4.69, 9.17) is 15.0 Å². The zero-order chi connectivity index (χ0) is 55.1. The van der Waals surface area contributed by atoms with E-state index in [0.29, 0.717) is 0 Å². The van der Waals surface area contributed by atoms with Gasteiger partial charge in [0.05, 0.1) is 68.0 Å². The molecule has 5 aliphatic rings. The van der Waals surface area contributed by atoms with Crippen LogP contribution in [0, 0.1) is 0 Å². The molecular weight excluding hydrogens is 977 g/mol. The summed E-state index contributed by atoms with van der Waals surface area (Å²) in [5, 5.41) is 0. The van der Waals surface area contributed by atoms with Crippen LogP contribution in [0.2, 0.25) is 0 Å². The first kappa shape index (κ1) is 57.9. The Kier molecular flexibility index (Phi) is 22.2. The second kappa shape index (κ2) is 30.7. The van der Waals surface area contributed by atoms with Gasteiger partial charge in [0, 0.05) is 74.0 Å². The molecule has 418 valence electrons. The van der Waals surface area contributed by atoms with Crippen molar-refractivity contribution in [2.75, 3.05) is 6.54 Å². The lowest BCUT2D eigenvalue weighted by molar-refractivity contribution is -0.699. The molecule has 4 aromatic rings. The summed E-state index contributed by atoms with van der Waals surface area (Å²) in [6, 6.07) is 24.5. The molecule has 0 aliphatic carbocycles. The molecule has 0 radical (unpaired) electrons. The molecule has 4 aromatic heterocycles. The second-order valence-corrected chi connectivity index (χ2v) is 22.6. The quantitative estimate of drug-likeness (QED) is 0.0396. The average Bonchev–Trinajstić information content (AvgIpc) is 4.44. The highest BCUT2D eigenvalue weighted by atomic mass is 15.1. The number of nitrogens with zero attached hydrogens (tertiary/aromatic N) is 7. The van der Waals surface area contributed by atoms with Crippen molar-refractivity contribution in [3.8, 4) is 0 Å². The highest BCUT2D eigenvalue weighted by molar-refractivity contribution is 6.36. The summed E-state index contributed by atoms with van der Waals surface area (Å²) in [7, 11) is 0. The normalized spacial score (nSPS) is 16.6. The van der Waals surface area contributed by atoms with Crippen LogP contribution in [0.1, 0.15) is 210 Å². The van der Waals surface area contributed by atoms with Crippen LogP contribution in [0.25, 0.3) is 16.7 Å². The number of fused-ring (bicyclic) bond motifs is 5. The molecule has 9 heterocycles. The Hall–Kier alpha value is -6.80. The minimum Gasteiger partial charge on any atom is -0.354 e. The van der Waals surface area contributed by atoms with Gasteiger partial charge in [-0.2, -0.15) is 13.7 Å². The van der Waals surface area contributed by atoms with Gasteiger partial charge in [0.15, 0.2) is 18.6 Å². The number of nitrogens with one attached hydrogen (secondary N) is 1. The number of unbranched alkanes of at least 4 members (excludes halogenated alkanes) is 20. The topological polar surface area (TPSA) is 67.8 Å². The molecule has 0 unspecified atom stereocenters. The summed E-state index contributed by atoms with van der Waals surface area (Å²) in [6.07, 6.45) is 59.0. The fraction of sp³-hybridized carbons (Fsp3) is 0.444. The standard InChI is InChI=1S/C72H93N8/c1-5-9-13-17-21-29-49-77-53-33-25-37-65(77)69-57-41-43-59(73-57)70(66-38-26-34-54-78(66)50-30-22-18-14-10-6-2)61-45-47-63(75-61)72(68-40-28-36-56-80(68)52-32-24-20-16-12-8-4)64-48-46-62(76-64)71(60-44-42-58(69)74-60)67-39-27-35-55-79(67)51-31-23-19-15-11-7-3/h25-28,33-48,53-56,73H,5-24,29-32,49-52H2,1-4H3/q+3. The van der Waals surface area contributed by atoms with Crippen molar-refractivity contribution in [1.29, 1.82) is 0 Å². The summed E-state index contributed by atoms with van der Waals surface area (Å²) in [4.78, 5) is 23.9. The molecule has 0 fully saturated rings. The van der Waals surface area contributed by atoms with E-state index in [1.165, 1.54) is 128 Å². The minimum absolute atomic E-state index is 0.913. The van der Waals surface area contributed by atoms with E-state index in [2.05, 4.69) is 197 Å². The van der Waals surface area contributed by atoms with E-state index in [-0.39, 0.29) is 0 Å². The van der Waals surface area contributed by atoms with Gasteiger partial charge < -0.3 is 9.88 Å². The molecule has 0 atom stereocenters. The second-order valence-electron chi connectivity index (χ2n) is 22.6. The van der Waals surface area contributed by atoms with Crippen LogP contribution in [0.3, 0.4) is 0 Å². The maximum Gasteiger partial charge on any atom is 0.216 e. The Bertz CT molecular complexity index is 3120. The van der Waals surface area contributed by atoms with Crippen molar-refractivity contribution < 1.29 is 13.7 Å². The number of H-pyrrole nitrogens is 1. The molecule has 8 bridgehead atoms. The maximum absolute atomic E-state index is 5.79. The fourth-order valence-corrected chi connectivity index (χ4v) is 12.1. The van der Waals surface area contributed by atoms with Crippen LogP contribution < -0.4 is 13.7 Å². The first-order valence-corrected chi connectivity index (χ1v) is 31.7. The Morgan fingerprint density at radius 3 is 1.18 bits per heavy atom. The molecule has 0 amide bonds. The van der Waals surface area contributed by atoms with Crippen molar-refractivity contribution >= 4 is 33.9 Å².